The molecule has 4 rings (SSSR count). The van der Waals surface area contributed by atoms with E-state index in [-0.39, 0.29) is 17.7 Å². The summed E-state index contributed by atoms with van der Waals surface area (Å²) >= 11 is 3.34. The molecule has 160 valence electrons. The van der Waals surface area contributed by atoms with Crippen molar-refractivity contribution in [2.75, 3.05) is 0 Å². The molecule has 2 atom stereocenters. The SMILES string of the molecule is Cc1nn(-c2ccccc2)c(C)c1C1CC(C(=O)N/N=C/c2cc(Br)ccc2O)NN1. The Bertz CT molecular complexity index is 1130. The molecule has 1 fully saturated rings. The molecule has 1 amide bonds. The summed E-state index contributed by atoms with van der Waals surface area (Å²) < 4.78 is 2.73. The zero-order chi connectivity index (χ0) is 22.0. The van der Waals surface area contributed by atoms with Crippen molar-refractivity contribution in [2.45, 2.75) is 32.4 Å². The van der Waals surface area contributed by atoms with Gasteiger partial charge in [-0.25, -0.2) is 21.0 Å². The molecule has 2 unspecified atom stereocenters. The molecule has 0 bridgehead atoms. The molecule has 4 N–H and O–H groups in total. The normalized spacial score (nSPS) is 18.5. The third-order valence-corrected chi connectivity index (χ3v) is 5.78. The van der Waals surface area contributed by atoms with Crippen molar-refractivity contribution in [2.24, 2.45) is 5.10 Å². The second kappa shape index (κ2) is 9.01. The average Bonchev–Trinajstić information content (AvgIpc) is 3.35. The van der Waals surface area contributed by atoms with E-state index in [1.54, 1.807) is 18.2 Å². The highest BCUT2D eigenvalue weighted by molar-refractivity contribution is 9.10. The predicted molar refractivity (Wildman–Crippen MR) is 122 cm³/mol. The minimum atomic E-state index is -0.447. The van der Waals surface area contributed by atoms with Gasteiger partial charge in [0.2, 0.25) is 0 Å². The Labute approximate surface area is 188 Å². The van der Waals surface area contributed by atoms with E-state index in [4.69, 9.17) is 5.10 Å². The Kier molecular flexibility index (Phi) is 6.17. The fourth-order valence-corrected chi connectivity index (χ4v) is 4.15. The number of hydrazone groups is 1. The van der Waals surface area contributed by atoms with Gasteiger partial charge in [-0.3, -0.25) is 4.79 Å². The van der Waals surface area contributed by atoms with Gasteiger partial charge in [0.15, 0.2) is 0 Å². The molecule has 0 spiro atoms. The maximum atomic E-state index is 12.5. The number of phenols is 1. The van der Waals surface area contributed by atoms with Crippen molar-refractivity contribution in [3.05, 3.63) is 75.5 Å². The molecule has 0 aliphatic carbocycles. The number of aryl methyl sites for hydroxylation is 1. The van der Waals surface area contributed by atoms with Crippen LogP contribution in [0.3, 0.4) is 0 Å². The molecule has 3 aromatic rings. The number of phenolic OH excluding ortho intramolecular Hbond substituents is 1. The number of halogens is 1. The highest BCUT2D eigenvalue weighted by Gasteiger charge is 2.33. The van der Waals surface area contributed by atoms with Crippen LogP contribution in [0.25, 0.3) is 5.69 Å². The molecular formula is C22H23BrN6O2. The zero-order valence-electron chi connectivity index (χ0n) is 17.1. The van der Waals surface area contributed by atoms with Crippen LogP contribution in [0.4, 0.5) is 0 Å². The fourth-order valence-electron chi connectivity index (χ4n) is 3.77. The minimum absolute atomic E-state index is 0.0497. The summed E-state index contributed by atoms with van der Waals surface area (Å²) in [5.74, 6) is -0.171. The summed E-state index contributed by atoms with van der Waals surface area (Å²) in [5, 5.41) is 18.5. The first-order valence-electron chi connectivity index (χ1n) is 9.88. The molecule has 2 heterocycles. The molecule has 1 aliphatic rings. The first-order valence-corrected chi connectivity index (χ1v) is 10.7. The average molecular weight is 483 g/mol. The second-order valence-electron chi connectivity index (χ2n) is 7.40. The Morgan fingerprint density at radius 3 is 2.81 bits per heavy atom. The molecule has 1 aliphatic heterocycles. The van der Waals surface area contributed by atoms with Crippen LogP contribution in [-0.2, 0) is 4.79 Å². The highest BCUT2D eigenvalue weighted by atomic mass is 79.9. The summed E-state index contributed by atoms with van der Waals surface area (Å²) in [5.41, 5.74) is 13.3. The van der Waals surface area contributed by atoms with E-state index in [0.29, 0.717) is 12.0 Å². The van der Waals surface area contributed by atoms with E-state index in [9.17, 15) is 9.90 Å². The first-order chi connectivity index (χ1) is 14.9. The van der Waals surface area contributed by atoms with E-state index in [1.807, 2.05) is 48.9 Å². The van der Waals surface area contributed by atoms with Gasteiger partial charge in [0.1, 0.15) is 11.8 Å². The molecule has 0 saturated carbocycles. The number of nitrogens with zero attached hydrogens (tertiary/aromatic N) is 3. The molecule has 9 heteroatoms. The lowest BCUT2D eigenvalue weighted by Crippen LogP contribution is -2.41. The lowest BCUT2D eigenvalue weighted by Gasteiger charge is -2.11. The van der Waals surface area contributed by atoms with Gasteiger partial charge in [-0.15, -0.1) is 0 Å². The molecule has 31 heavy (non-hydrogen) atoms. The van der Waals surface area contributed by atoms with Gasteiger partial charge in [0.05, 0.1) is 23.6 Å². The van der Waals surface area contributed by atoms with Crippen LogP contribution in [0.15, 0.2) is 58.1 Å². The monoisotopic (exact) mass is 482 g/mol. The van der Waals surface area contributed by atoms with Crippen molar-refractivity contribution < 1.29 is 9.90 Å². The second-order valence-corrected chi connectivity index (χ2v) is 8.31. The van der Waals surface area contributed by atoms with Gasteiger partial charge < -0.3 is 5.11 Å². The summed E-state index contributed by atoms with van der Waals surface area (Å²) in [6.45, 7) is 4.01. The molecule has 2 aromatic carbocycles. The summed E-state index contributed by atoms with van der Waals surface area (Å²) in [6, 6.07) is 14.5. The number of hydrogen-bond acceptors (Lipinski definition) is 6. The number of carbonyl (C=O) groups excluding carboxylic acids is 1. The van der Waals surface area contributed by atoms with Gasteiger partial charge in [-0.2, -0.15) is 10.2 Å². The third kappa shape index (κ3) is 4.53. The van der Waals surface area contributed by atoms with Crippen LogP contribution in [0.2, 0.25) is 0 Å². The number of amides is 1. The molecule has 1 saturated heterocycles. The Morgan fingerprint density at radius 1 is 1.26 bits per heavy atom. The number of hydrazine groups is 1. The standard InChI is InChI=1S/C22H23BrN6O2/c1-13-21(14(2)29(28-13)17-6-4-3-5-7-17)18-11-19(26-25-18)22(31)27-24-12-15-10-16(23)8-9-20(15)30/h3-10,12,18-19,25-26,30H,11H2,1-2H3,(H,27,31)/b24-12+. The molecular weight excluding hydrogens is 460 g/mol. The Hall–Kier alpha value is -3.01. The van der Waals surface area contributed by atoms with Crippen LogP contribution in [0.1, 0.15) is 35.0 Å². The van der Waals surface area contributed by atoms with Gasteiger partial charge >= 0.3 is 0 Å². The van der Waals surface area contributed by atoms with E-state index < -0.39 is 6.04 Å². The number of hydrogen-bond donors (Lipinski definition) is 4. The zero-order valence-corrected chi connectivity index (χ0v) is 18.7. The van der Waals surface area contributed by atoms with Crippen molar-refractivity contribution >= 4 is 28.1 Å². The summed E-state index contributed by atoms with van der Waals surface area (Å²) in [6.07, 6.45) is 1.97. The van der Waals surface area contributed by atoms with Crippen LogP contribution in [-0.4, -0.2) is 33.1 Å². The van der Waals surface area contributed by atoms with E-state index in [2.05, 4.69) is 37.3 Å². The van der Waals surface area contributed by atoms with Crippen LogP contribution >= 0.6 is 15.9 Å². The van der Waals surface area contributed by atoms with Gasteiger partial charge in [0, 0.05) is 21.3 Å². The van der Waals surface area contributed by atoms with Crippen molar-refractivity contribution in [1.29, 1.82) is 0 Å². The van der Waals surface area contributed by atoms with Gasteiger partial charge in [0.25, 0.3) is 5.91 Å². The number of rotatable bonds is 5. The van der Waals surface area contributed by atoms with Crippen LogP contribution in [0.5, 0.6) is 5.75 Å². The lowest BCUT2D eigenvalue weighted by molar-refractivity contribution is -0.122. The molecule has 8 nitrogen and oxygen atoms in total. The number of aromatic nitrogens is 2. The first kappa shape index (κ1) is 21.2. The number of carbonyl (C=O) groups is 1. The minimum Gasteiger partial charge on any atom is -0.507 e. The Balaban J connectivity index is 1.43. The quantitative estimate of drug-likeness (QED) is 0.330. The number of para-hydroxylation sites is 1. The van der Waals surface area contributed by atoms with E-state index in [1.165, 1.54) is 6.21 Å². The smallest absolute Gasteiger partial charge is 0.258 e. The summed E-state index contributed by atoms with van der Waals surface area (Å²) in [7, 11) is 0. The predicted octanol–water partition coefficient (Wildman–Crippen LogP) is 3.02. The van der Waals surface area contributed by atoms with E-state index >= 15 is 0 Å². The van der Waals surface area contributed by atoms with Crippen LogP contribution < -0.4 is 16.3 Å². The van der Waals surface area contributed by atoms with Crippen molar-refractivity contribution in [3.8, 4) is 11.4 Å². The fraction of sp³-hybridized carbons (Fsp3) is 0.227. The van der Waals surface area contributed by atoms with Crippen molar-refractivity contribution in [1.82, 2.24) is 26.1 Å². The largest absolute Gasteiger partial charge is 0.507 e. The number of aromatic hydroxyl groups is 1. The highest BCUT2D eigenvalue weighted by Crippen LogP contribution is 2.29. The Morgan fingerprint density at radius 2 is 2.03 bits per heavy atom. The summed E-state index contributed by atoms with van der Waals surface area (Å²) in [4.78, 5) is 12.5. The van der Waals surface area contributed by atoms with Gasteiger partial charge in [-0.05, 0) is 50.6 Å². The van der Waals surface area contributed by atoms with Crippen LogP contribution in [0, 0.1) is 13.8 Å². The third-order valence-electron chi connectivity index (χ3n) is 5.28. The lowest BCUT2D eigenvalue weighted by atomic mass is 10.00. The topological polar surface area (TPSA) is 104 Å². The maximum absolute atomic E-state index is 12.5. The number of benzene rings is 2. The molecule has 1 aromatic heterocycles. The van der Waals surface area contributed by atoms with Gasteiger partial charge in [-0.1, -0.05) is 34.1 Å². The number of nitrogens with one attached hydrogen (secondary N) is 3. The maximum Gasteiger partial charge on any atom is 0.258 e. The van der Waals surface area contributed by atoms with Crippen molar-refractivity contribution in [3.63, 3.8) is 0 Å². The van der Waals surface area contributed by atoms with E-state index in [0.717, 1.165) is 27.1 Å². The molecule has 0 radical (unpaired) electrons.